The highest BCUT2D eigenvalue weighted by atomic mass is 79.9. The predicted molar refractivity (Wildman–Crippen MR) is 72.6 cm³/mol. The molecule has 2 N–H and O–H groups in total. The van der Waals surface area contributed by atoms with Crippen molar-refractivity contribution in [3.63, 3.8) is 0 Å². The van der Waals surface area contributed by atoms with Gasteiger partial charge in [-0.25, -0.2) is 13.2 Å². The molecule has 0 radical (unpaired) electrons. The maximum Gasteiger partial charge on any atom is 0.194 e. The Morgan fingerprint density at radius 2 is 1.85 bits per heavy atom. The van der Waals surface area contributed by atoms with Gasteiger partial charge in [0.05, 0.1) is 15.9 Å². The van der Waals surface area contributed by atoms with E-state index in [9.17, 15) is 13.2 Å². The van der Waals surface area contributed by atoms with Crippen LogP contribution in [0.1, 0.15) is 23.0 Å². The highest BCUT2D eigenvalue weighted by Gasteiger charge is 2.18. The van der Waals surface area contributed by atoms with Crippen LogP contribution in [0.3, 0.4) is 0 Å². The Morgan fingerprint density at radius 1 is 1.30 bits per heavy atom. The zero-order valence-electron chi connectivity index (χ0n) is 10.9. The predicted octanol–water partition coefficient (Wildman–Crippen LogP) is 3.15. The average Bonchev–Trinajstić information content (AvgIpc) is 2.62. The second-order valence-corrected chi connectivity index (χ2v) is 5.37. The van der Waals surface area contributed by atoms with Gasteiger partial charge in [-0.1, -0.05) is 0 Å². The molecule has 20 heavy (non-hydrogen) atoms. The molecular weight excluding hydrogens is 335 g/mol. The highest BCUT2D eigenvalue weighted by molar-refractivity contribution is 9.10. The Bertz CT molecular complexity index is 632. The van der Waals surface area contributed by atoms with Crippen LogP contribution in [0.4, 0.5) is 13.2 Å². The van der Waals surface area contributed by atoms with Crippen molar-refractivity contribution in [1.29, 1.82) is 0 Å². The third-order valence-electron chi connectivity index (χ3n) is 3.11. The molecule has 3 nitrogen and oxygen atoms in total. The molecule has 1 aromatic heterocycles. The van der Waals surface area contributed by atoms with Crippen LogP contribution in [0, 0.1) is 24.4 Å². The topological polar surface area (TPSA) is 43.8 Å². The molecule has 0 saturated carbocycles. The molecule has 2 rings (SSSR count). The van der Waals surface area contributed by atoms with Crippen LogP contribution >= 0.6 is 15.9 Å². The van der Waals surface area contributed by atoms with E-state index in [1.165, 1.54) is 0 Å². The standard InChI is InChI=1S/C13H13BrF3N3/c1-6-12(14)11(20(2)19-6)5-10(18)7-3-8(15)13(17)9(16)4-7/h3-4,10H,5,18H2,1-2H3. The second-order valence-electron chi connectivity index (χ2n) is 4.58. The number of rotatable bonds is 3. The van der Waals surface area contributed by atoms with E-state index in [4.69, 9.17) is 5.73 Å². The van der Waals surface area contributed by atoms with Crippen molar-refractivity contribution in [3.05, 3.63) is 51.0 Å². The summed E-state index contributed by atoms with van der Waals surface area (Å²) in [5.41, 5.74) is 7.75. The van der Waals surface area contributed by atoms with Crippen molar-refractivity contribution in [2.75, 3.05) is 0 Å². The number of aromatic nitrogens is 2. The molecule has 1 atom stereocenters. The Morgan fingerprint density at radius 3 is 2.30 bits per heavy atom. The Kier molecular flexibility index (Phi) is 4.19. The Balaban J connectivity index is 2.31. The lowest BCUT2D eigenvalue weighted by molar-refractivity contribution is 0.443. The first-order valence-electron chi connectivity index (χ1n) is 5.89. The van der Waals surface area contributed by atoms with Crippen LogP contribution < -0.4 is 5.73 Å². The van der Waals surface area contributed by atoms with Gasteiger partial charge in [0.2, 0.25) is 0 Å². The van der Waals surface area contributed by atoms with E-state index >= 15 is 0 Å². The van der Waals surface area contributed by atoms with Crippen LogP contribution in [0.25, 0.3) is 0 Å². The Labute approximate surface area is 122 Å². The lowest BCUT2D eigenvalue weighted by Gasteiger charge is -2.13. The lowest BCUT2D eigenvalue weighted by Crippen LogP contribution is -2.16. The van der Waals surface area contributed by atoms with E-state index in [1.807, 2.05) is 6.92 Å². The van der Waals surface area contributed by atoms with Crippen LogP contribution in [0.15, 0.2) is 16.6 Å². The SMILES string of the molecule is Cc1nn(C)c(CC(N)c2cc(F)c(F)c(F)c2)c1Br. The fraction of sp³-hybridized carbons (Fsp3) is 0.308. The molecule has 1 aromatic carbocycles. The number of nitrogens with two attached hydrogens (primary N) is 1. The fourth-order valence-corrected chi connectivity index (χ4v) is 2.51. The minimum atomic E-state index is -1.49. The van der Waals surface area contributed by atoms with Gasteiger partial charge in [-0.15, -0.1) is 0 Å². The summed E-state index contributed by atoms with van der Waals surface area (Å²) >= 11 is 3.40. The molecule has 0 bridgehead atoms. The lowest BCUT2D eigenvalue weighted by atomic mass is 10.0. The third kappa shape index (κ3) is 2.73. The molecule has 0 aliphatic carbocycles. The maximum absolute atomic E-state index is 13.2. The van der Waals surface area contributed by atoms with Gasteiger partial charge in [-0.05, 0) is 40.5 Å². The summed E-state index contributed by atoms with van der Waals surface area (Å²) < 4.78 is 41.8. The van der Waals surface area contributed by atoms with Gasteiger partial charge in [0.1, 0.15) is 0 Å². The minimum Gasteiger partial charge on any atom is -0.324 e. The molecule has 7 heteroatoms. The molecule has 1 unspecified atom stereocenters. The molecule has 0 saturated heterocycles. The van der Waals surface area contributed by atoms with Crippen molar-refractivity contribution in [3.8, 4) is 0 Å². The van der Waals surface area contributed by atoms with Crippen LogP contribution in [0.5, 0.6) is 0 Å². The smallest absolute Gasteiger partial charge is 0.194 e. The van der Waals surface area contributed by atoms with Gasteiger partial charge >= 0.3 is 0 Å². The average molecular weight is 348 g/mol. The zero-order valence-corrected chi connectivity index (χ0v) is 12.5. The van der Waals surface area contributed by atoms with Crippen molar-refractivity contribution in [2.45, 2.75) is 19.4 Å². The van der Waals surface area contributed by atoms with Crippen LogP contribution in [-0.4, -0.2) is 9.78 Å². The van der Waals surface area contributed by atoms with Gasteiger partial charge in [0, 0.05) is 19.5 Å². The fourth-order valence-electron chi connectivity index (χ4n) is 2.02. The van der Waals surface area contributed by atoms with Gasteiger partial charge in [-0.2, -0.15) is 5.10 Å². The second kappa shape index (κ2) is 5.57. The van der Waals surface area contributed by atoms with E-state index < -0.39 is 23.5 Å². The van der Waals surface area contributed by atoms with E-state index in [2.05, 4.69) is 21.0 Å². The molecule has 0 aliphatic heterocycles. The van der Waals surface area contributed by atoms with Crippen LogP contribution in [-0.2, 0) is 13.5 Å². The molecule has 0 amide bonds. The van der Waals surface area contributed by atoms with E-state index in [-0.39, 0.29) is 5.56 Å². The molecule has 0 aliphatic rings. The van der Waals surface area contributed by atoms with Crippen LogP contribution in [0.2, 0.25) is 0 Å². The van der Waals surface area contributed by atoms with Gasteiger partial charge in [0.25, 0.3) is 0 Å². The first-order chi connectivity index (χ1) is 9.31. The summed E-state index contributed by atoms with van der Waals surface area (Å²) in [6.45, 7) is 1.83. The van der Waals surface area contributed by atoms with Crippen molar-refractivity contribution in [1.82, 2.24) is 9.78 Å². The maximum atomic E-state index is 13.2. The quantitative estimate of drug-likeness (QED) is 0.866. The van der Waals surface area contributed by atoms with Crippen molar-refractivity contribution >= 4 is 15.9 Å². The third-order valence-corrected chi connectivity index (χ3v) is 4.14. The molecule has 108 valence electrons. The molecule has 1 heterocycles. The van der Waals surface area contributed by atoms with E-state index in [0.29, 0.717) is 6.42 Å². The number of nitrogens with zero attached hydrogens (tertiary/aromatic N) is 2. The summed E-state index contributed by atoms with van der Waals surface area (Å²) in [6.07, 6.45) is 0.322. The summed E-state index contributed by atoms with van der Waals surface area (Å²) in [5.74, 6) is -3.97. The number of benzene rings is 1. The Hall–Kier alpha value is -1.34. The molecule has 0 spiro atoms. The van der Waals surface area contributed by atoms with E-state index in [1.54, 1.807) is 11.7 Å². The molecule has 0 fully saturated rings. The highest BCUT2D eigenvalue weighted by Crippen LogP contribution is 2.26. The monoisotopic (exact) mass is 347 g/mol. The molecular formula is C13H13BrF3N3. The summed E-state index contributed by atoms with van der Waals surface area (Å²) in [7, 11) is 1.76. The number of halogens is 4. The van der Waals surface area contributed by atoms with Gasteiger partial charge in [0.15, 0.2) is 17.5 Å². The summed E-state index contributed by atoms with van der Waals surface area (Å²) in [5, 5.41) is 4.21. The van der Waals surface area contributed by atoms with E-state index in [0.717, 1.165) is 28.0 Å². The number of aryl methyl sites for hydroxylation is 2. The minimum absolute atomic E-state index is 0.201. The van der Waals surface area contributed by atoms with Crippen molar-refractivity contribution in [2.24, 2.45) is 12.8 Å². The van der Waals surface area contributed by atoms with Gasteiger partial charge in [-0.3, -0.25) is 4.68 Å². The zero-order chi connectivity index (χ0) is 15.0. The number of hydrogen-bond donors (Lipinski definition) is 1. The van der Waals surface area contributed by atoms with Gasteiger partial charge < -0.3 is 5.73 Å². The molecule has 2 aromatic rings. The van der Waals surface area contributed by atoms with Crippen molar-refractivity contribution < 1.29 is 13.2 Å². The summed E-state index contributed by atoms with van der Waals surface area (Å²) in [4.78, 5) is 0. The first-order valence-corrected chi connectivity index (χ1v) is 6.68. The number of hydrogen-bond acceptors (Lipinski definition) is 2. The first kappa shape index (κ1) is 15.1. The normalized spacial score (nSPS) is 12.8. The summed E-state index contributed by atoms with van der Waals surface area (Å²) in [6, 6.07) is 1.17. The largest absolute Gasteiger partial charge is 0.324 e.